The molecule has 2 heterocycles. The molecule has 1 fully saturated rings. The summed E-state index contributed by atoms with van der Waals surface area (Å²) in [7, 11) is 0. The van der Waals surface area contributed by atoms with Crippen molar-refractivity contribution in [2.45, 2.75) is 25.9 Å². The lowest BCUT2D eigenvalue weighted by Gasteiger charge is -2.26. The van der Waals surface area contributed by atoms with Crippen LogP contribution in [0.1, 0.15) is 24.8 Å². The molecular formula is C14H16FN3OS. The molecule has 0 aliphatic carbocycles. The zero-order chi connectivity index (χ0) is 13.8. The molecule has 0 spiro atoms. The van der Waals surface area contributed by atoms with E-state index in [1.54, 1.807) is 12.1 Å². The fourth-order valence-electron chi connectivity index (χ4n) is 2.30. The molecule has 1 aromatic heterocycles. The molecule has 3 rings (SSSR count). The molecule has 0 amide bonds. The predicted octanol–water partition coefficient (Wildman–Crippen LogP) is 3.25. The Morgan fingerprint density at radius 2 is 1.85 bits per heavy atom. The van der Waals surface area contributed by atoms with Crippen LogP contribution in [-0.4, -0.2) is 21.8 Å². The summed E-state index contributed by atoms with van der Waals surface area (Å²) in [6.45, 7) is 2.41. The van der Waals surface area contributed by atoms with E-state index in [0.29, 0.717) is 12.5 Å². The molecule has 0 bridgehead atoms. The van der Waals surface area contributed by atoms with Crippen LogP contribution < -0.4 is 9.64 Å². The van der Waals surface area contributed by atoms with Gasteiger partial charge in [-0.25, -0.2) is 4.39 Å². The predicted molar refractivity (Wildman–Crippen MR) is 76.7 cm³/mol. The number of piperidine rings is 1. The van der Waals surface area contributed by atoms with Gasteiger partial charge in [0.25, 0.3) is 5.88 Å². The van der Waals surface area contributed by atoms with Crippen molar-refractivity contribution < 1.29 is 9.13 Å². The van der Waals surface area contributed by atoms with Crippen LogP contribution in [0.5, 0.6) is 5.88 Å². The van der Waals surface area contributed by atoms with E-state index < -0.39 is 0 Å². The lowest BCUT2D eigenvalue weighted by atomic mass is 10.1. The van der Waals surface area contributed by atoms with Gasteiger partial charge in [-0.05, 0) is 37.0 Å². The highest BCUT2D eigenvalue weighted by atomic mass is 32.1. The Hall–Kier alpha value is -1.69. The second kappa shape index (κ2) is 6.17. The Kier molecular flexibility index (Phi) is 4.11. The summed E-state index contributed by atoms with van der Waals surface area (Å²) in [5.74, 6) is 1.19. The summed E-state index contributed by atoms with van der Waals surface area (Å²) in [4.78, 5) is 2.23. The Morgan fingerprint density at radius 1 is 1.10 bits per heavy atom. The van der Waals surface area contributed by atoms with Gasteiger partial charge in [-0.1, -0.05) is 12.1 Å². The first-order valence-electron chi connectivity index (χ1n) is 6.78. The average molecular weight is 293 g/mol. The maximum atomic E-state index is 12.8. The number of hydrogen-bond donors (Lipinski definition) is 0. The van der Waals surface area contributed by atoms with Crippen LogP contribution in [0.25, 0.3) is 0 Å². The smallest absolute Gasteiger partial charge is 0.271 e. The number of nitrogens with zero attached hydrogens (tertiary/aromatic N) is 3. The number of aromatic nitrogens is 2. The highest BCUT2D eigenvalue weighted by Crippen LogP contribution is 2.28. The van der Waals surface area contributed by atoms with Crippen molar-refractivity contribution in [3.05, 3.63) is 35.6 Å². The zero-order valence-electron chi connectivity index (χ0n) is 11.1. The summed E-state index contributed by atoms with van der Waals surface area (Å²) in [6.07, 6.45) is 3.66. The topological polar surface area (TPSA) is 38.3 Å². The van der Waals surface area contributed by atoms with Gasteiger partial charge in [0.1, 0.15) is 12.4 Å². The molecule has 6 heteroatoms. The van der Waals surface area contributed by atoms with Gasteiger partial charge in [0, 0.05) is 13.1 Å². The Labute approximate surface area is 121 Å². The molecule has 2 aromatic rings. The van der Waals surface area contributed by atoms with Gasteiger partial charge in [0.2, 0.25) is 5.82 Å². The summed E-state index contributed by atoms with van der Waals surface area (Å²) >= 11 is 1.17. The molecule has 4 nitrogen and oxygen atoms in total. The molecule has 106 valence electrons. The van der Waals surface area contributed by atoms with Crippen LogP contribution in [0.4, 0.5) is 10.2 Å². The van der Waals surface area contributed by atoms with Crippen LogP contribution >= 0.6 is 11.7 Å². The minimum Gasteiger partial charge on any atom is -0.470 e. The molecule has 0 atom stereocenters. The first kappa shape index (κ1) is 13.3. The van der Waals surface area contributed by atoms with Gasteiger partial charge >= 0.3 is 0 Å². The third-order valence-electron chi connectivity index (χ3n) is 3.39. The monoisotopic (exact) mass is 293 g/mol. The van der Waals surface area contributed by atoms with Crippen molar-refractivity contribution >= 4 is 17.5 Å². The first-order valence-corrected chi connectivity index (χ1v) is 7.51. The number of benzene rings is 1. The molecular weight excluding hydrogens is 277 g/mol. The maximum Gasteiger partial charge on any atom is 0.271 e. The molecule has 0 saturated carbocycles. The van der Waals surface area contributed by atoms with Gasteiger partial charge < -0.3 is 9.64 Å². The van der Waals surface area contributed by atoms with Crippen molar-refractivity contribution in [2.24, 2.45) is 0 Å². The Bertz CT molecular complexity index is 552. The van der Waals surface area contributed by atoms with E-state index in [2.05, 4.69) is 13.6 Å². The van der Waals surface area contributed by atoms with Crippen LogP contribution in [0.3, 0.4) is 0 Å². The second-order valence-electron chi connectivity index (χ2n) is 4.86. The third-order valence-corrected chi connectivity index (χ3v) is 3.89. The third kappa shape index (κ3) is 3.07. The fraction of sp³-hybridized carbons (Fsp3) is 0.429. The lowest BCUT2D eigenvalue weighted by Crippen LogP contribution is -2.30. The minimum absolute atomic E-state index is 0.238. The van der Waals surface area contributed by atoms with Crippen molar-refractivity contribution in [2.75, 3.05) is 18.0 Å². The molecule has 1 aliphatic rings. The SMILES string of the molecule is Fc1ccc(COc2nsnc2N2CCCCC2)cc1. The van der Waals surface area contributed by atoms with E-state index in [1.807, 2.05) is 0 Å². The number of rotatable bonds is 4. The molecule has 20 heavy (non-hydrogen) atoms. The lowest BCUT2D eigenvalue weighted by molar-refractivity contribution is 0.296. The van der Waals surface area contributed by atoms with Gasteiger partial charge in [-0.3, -0.25) is 0 Å². The zero-order valence-corrected chi connectivity index (χ0v) is 11.9. The van der Waals surface area contributed by atoms with E-state index in [1.165, 1.54) is 43.1 Å². The Morgan fingerprint density at radius 3 is 2.60 bits per heavy atom. The quantitative estimate of drug-likeness (QED) is 0.867. The fourth-order valence-corrected chi connectivity index (χ4v) is 2.82. The van der Waals surface area contributed by atoms with Crippen LogP contribution in [-0.2, 0) is 6.61 Å². The summed E-state index contributed by atoms with van der Waals surface area (Å²) in [6, 6.07) is 6.30. The van der Waals surface area contributed by atoms with Crippen LogP contribution in [0.15, 0.2) is 24.3 Å². The maximum absolute atomic E-state index is 12.8. The largest absolute Gasteiger partial charge is 0.470 e. The molecule has 0 N–H and O–H groups in total. The van der Waals surface area contributed by atoms with Crippen LogP contribution in [0.2, 0.25) is 0 Å². The molecule has 0 radical (unpaired) electrons. The molecule has 1 saturated heterocycles. The number of anilines is 1. The first-order chi connectivity index (χ1) is 9.83. The van der Waals surface area contributed by atoms with Crippen LogP contribution in [0, 0.1) is 5.82 Å². The van der Waals surface area contributed by atoms with E-state index in [9.17, 15) is 4.39 Å². The van der Waals surface area contributed by atoms with Gasteiger partial charge in [-0.2, -0.15) is 4.37 Å². The van der Waals surface area contributed by atoms with E-state index in [-0.39, 0.29) is 5.82 Å². The number of hydrogen-bond acceptors (Lipinski definition) is 5. The van der Waals surface area contributed by atoms with Crippen molar-refractivity contribution in [1.82, 2.24) is 8.75 Å². The number of ether oxygens (including phenoxy) is 1. The van der Waals surface area contributed by atoms with Crippen molar-refractivity contribution in [3.63, 3.8) is 0 Å². The molecule has 1 aromatic carbocycles. The highest BCUT2D eigenvalue weighted by Gasteiger charge is 2.19. The van der Waals surface area contributed by atoms with E-state index in [0.717, 1.165) is 24.5 Å². The van der Waals surface area contributed by atoms with Gasteiger partial charge in [0.15, 0.2) is 0 Å². The van der Waals surface area contributed by atoms with Gasteiger partial charge in [0.05, 0.1) is 11.7 Å². The normalized spacial score (nSPS) is 15.3. The molecule has 1 aliphatic heterocycles. The number of halogens is 1. The van der Waals surface area contributed by atoms with Crippen molar-refractivity contribution in [1.29, 1.82) is 0 Å². The van der Waals surface area contributed by atoms with E-state index >= 15 is 0 Å². The second-order valence-corrected chi connectivity index (χ2v) is 5.38. The standard InChI is InChI=1S/C14H16FN3OS/c15-12-6-4-11(5-7-12)10-19-14-13(16-20-17-14)18-8-2-1-3-9-18/h4-7H,1-3,8-10H2. The summed E-state index contributed by atoms with van der Waals surface area (Å²) in [5.41, 5.74) is 0.920. The summed E-state index contributed by atoms with van der Waals surface area (Å²) < 4.78 is 27.1. The summed E-state index contributed by atoms with van der Waals surface area (Å²) in [5, 5.41) is 0. The van der Waals surface area contributed by atoms with Gasteiger partial charge in [-0.15, -0.1) is 4.37 Å². The van der Waals surface area contributed by atoms with Crippen molar-refractivity contribution in [3.8, 4) is 5.88 Å². The highest BCUT2D eigenvalue weighted by molar-refractivity contribution is 6.99. The Balaban J connectivity index is 1.65. The average Bonchev–Trinajstić information content (AvgIpc) is 2.96. The molecule has 0 unspecified atom stereocenters. The minimum atomic E-state index is -0.238. The van der Waals surface area contributed by atoms with E-state index in [4.69, 9.17) is 4.74 Å².